The summed E-state index contributed by atoms with van der Waals surface area (Å²) in [6.07, 6.45) is 0.631. The van der Waals surface area contributed by atoms with E-state index in [-0.39, 0.29) is 44.7 Å². The molecule has 0 radical (unpaired) electrons. The van der Waals surface area contributed by atoms with Crippen LogP contribution in [-0.2, 0) is 26.2 Å². The summed E-state index contributed by atoms with van der Waals surface area (Å²) in [5.74, 6) is -1.23. The van der Waals surface area contributed by atoms with Crippen LogP contribution in [0.1, 0.15) is 38.3 Å². The number of nitrogens with zero attached hydrogens (tertiary/aromatic N) is 3. The topological polar surface area (TPSA) is 139 Å². The van der Waals surface area contributed by atoms with Crippen LogP contribution in [0.15, 0.2) is 59.5 Å². The van der Waals surface area contributed by atoms with Crippen molar-refractivity contribution in [1.29, 1.82) is 0 Å². The Balaban J connectivity index is 2.19. The second-order valence-electron chi connectivity index (χ2n) is 10.2. The van der Waals surface area contributed by atoms with Gasteiger partial charge in [-0.2, -0.15) is 0 Å². The highest BCUT2D eigenvalue weighted by atomic mass is 35.5. The summed E-state index contributed by atoms with van der Waals surface area (Å²) in [6, 6.07) is 11.1. The first-order valence-electron chi connectivity index (χ1n) is 13.8. The van der Waals surface area contributed by atoms with Gasteiger partial charge in [0.25, 0.3) is 15.7 Å². The molecule has 0 aliphatic carbocycles. The largest absolute Gasteiger partial charge is 0.495 e. The predicted octanol–water partition coefficient (Wildman–Crippen LogP) is 6.40. The van der Waals surface area contributed by atoms with Gasteiger partial charge in [-0.25, -0.2) is 8.42 Å². The molecule has 1 N–H and O–H groups in total. The lowest BCUT2D eigenvalue weighted by molar-refractivity contribution is -0.385. The van der Waals surface area contributed by atoms with Crippen LogP contribution in [0.3, 0.4) is 0 Å². The number of hydrogen-bond donors (Lipinski definition) is 1. The molecule has 0 heterocycles. The van der Waals surface area contributed by atoms with Gasteiger partial charge in [0.1, 0.15) is 18.3 Å². The maximum absolute atomic E-state index is 14.2. The number of amides is 2. The molecule has 15 heteroatoms. The molecule has 242 valence electrons. The number of nitro benzene ring substituents is 1. The van der Waals surface area contributed by atoms with Gasteiger partial charge in [0, 0.05) is 44.8 Å². The average molecular weight is 700 g/mol. The van der Waals surface area contributed by atoms with Crippen LogP contribution in [0, 0.1) is 17.0 Å². The number of halogens is 3. The molecule has 11 nitrogen and oxygen atoms in total. The fraction of sp³-hybridized carbons (Fsp3) is 0.333. The first kappa shape index (κ1) is 35.9. The van der Waals surface area contributed by atoms with E-state index in [4.69, 9.17) is 39.5 Å². The Kier molecular flexibility index (Phi) is 12.1. The van der Waals surface area contributed by atoms with Crippen molar-refractivity contribution < 1.29 is 27.7 Å². The first-order chi connectivity index (χ1) is 21.1. The molecule has 0 bridgehead atoms. The number of nitro groups is 1. The Morgan fingerprint density at radius 3 is 2.27 bits per heavy atom. The molecule has 0 aromatic heterocycles. The number of methoxy groups -OCH3 is 1. The van der Waals surface area contributed by atoms with Crippen molar-refractivity contribution in [2.75, 3.05) is 18.0 Å². The molecule has 2 amide bonds. The molecule has 3 aromatic rings. The first-order valence-corrected chi connectivity index (χ1v) is 16.3. The molecule has 0 fully saturated rings. The summed E-state index contributed by atoms with van der Waals surface area (Å²) in [5.41, 5.74) is 0.0619. The molecular weight excluding hydrogens is 667 g/mol. The van der Waals surface area contributed by atoms with Crippen molar-refractivity contribution in [2.45, 2.75) is 57.6 Å². The minimum absolute atomic E-state index is 0.0562. The summed E-state index contributed by atoms with van der Waals surface area (Å²) in [5, 5.41) is 15.1. The lowest BCUT2D eigenvalue weighted by atomic mass is 10.1. The summed E-state index contributed by atoms with van der Waals surface area (Å²) in [7, 11) is -3.36. The zero-order valence-corrected chi connectivity index (χ0v) is 28.3. The smallest absolute Gasteiger partial charge is 0.273 e. The van der Waals surface area contributed by atoms with E-state index in [2.05, 4.69) is 5.32 Å². The van der Waals surface area contributed by atoms with E-state index in [1.165, 1.54) is 56.2 Å². The maximum atomic E-state index is 14.2. The quantitative estimate of drug-likeness (QED) is 0.161. The summed E-state index contributed by atoms with van der Waals surface area (Å²) < 4.78 is 34.6. The zero-order chi connectivity index (χ0) is 33.6. The van der Waals surface area contributed by atoms with Crippen molar-refractivity contribution >= 4 is 68.0 Å². The average Bonchev–Trinajstić information content (AvgIpc) is 2.99. The minimum atomic E-state index is -4.67. The molecule has 45 heavy (non-hydrogen) atoms. The molecule has 0 unspecified atom stereocenters. The van der Waals surface area contributed by atoms with E-state index in [9.17, 15) is 28.1 Å². The highest BCUT2D eigenvalue weighted by Crippen LogP contribution is 2.36. The fourth-order valence-corrected chi connectivity index (χ4v) is 6.47. The third-order valence-corrected chi connectivity index (χ3v) is 9.91. The maximum Gasteiger partial charge on any atom is 0.273 e. The van der Waals surface area contributed by atoms with Crippen molar-refractivity contribution in [1.82, 2.24) is 10.2 Å². The Labute approximate surface area is 277 Å². The Hall–Kier alpha value is -3.58. The number of aryl methyl sites for hydroxylation is 1. The van der Waals surface area contributed by atoms with Gasteiger partial charge in [0.05, 0.1) is 22.6 Å². The third kappa shape index (κ3) is 8.37. The highest BCUT2D eigenvalue weighted by molar-refractivity contribution is 7.92. The minimum Gasteiger partial charge on any atom is -0.495 e. The number of benzene rings is 3. The number of rotatable bonds is 13. The Morgan fingerprint density at radius 1 is 1.04 bits per heavy atom. The number of hydrogen-bond acceptors (Lipinski definition) is 7. The number of nitrogens with one attached hydrogen (secondary N) is 1. The van der Waals surface area contributed by atoms with Gasteiger partial charge in [-0.05, 0) is 63.6 Å². The number of carbonyl (C=O) groups is 2. The van der Waals surface area contributed by atoms with E-state index < -0.39 is 49.9 Å². The molecule has 0 saturated carbocycles. The van der Waals surface area contributed by atoms with Crippen LogP contribution in [0.2, 0.25) is 15.1 Å². The van der Waals surface area contributed by atoms with Crippen LogP contribution < -0.4 is 14.4 Å². The Morgan fingerprint density at radius 2 is 1.69 bits per heavy atom. The molecular formula is C30H33Cl3N4O7S. The molecule has 0 aliphatic rings. The highest BCUT2D eigenvalue weighted by Gasteiger charge is 2.35. The predicted molar refractivity (Wildman–Crippen MR) is 175 cm³/mol. The van der Waals surface area contributed by atoms with Crippen LogP contribution in [0.4, 0.5) is 11.4 Å². The third-order valence-electron chi connectivity index (χ3n) is 7.21. The molecule has 3 rings (SSSR count). The number of ether oxygens (including phenoxy) is 1. The van der Waals surface area contributed by atoms with Gasteiger partial charge in [-0.3, -0.25) is 24.0 Å². The SMILES string of the molecule is CC[C@H](C)NC(=O)[C@@H](C)N(Cc1c(Cl)cccc1Cl)C(=O)CN(c1cc(Cl)ccc1OC)S(=O)(=O)c1ccc(C)c([N+](=O)[O-])c1. The lowest BCUT2D eigenvalue weighted by Crippen LogP contribution is -2.52. The van der Waals surface area contributed by atoms with E-state index >= 15 is 0 Å². The zero-order valence-electron chi connectivity index (χ0n) is 25.2. The normalized spacial score (nSPS) is 12.6. The van der Waals surface area contributed by atoms with Gasteiger partial charge in [0.15, 0.2) is 0 Å². The standard InChI is InChI=1S/C30H33Cl3N4O7S/c1-6-19(3)34-30(39)20(4)35(16-23-24(32)8-7-9-25(23)33)29(38)17-36(27-14-21(31)11-13-28(27)44-5)45(42,43)22-12-10-18(2)26(15-22)37(40)41/h7-15,19-20H,6,16-17H2,1-5H3,(H,34,39)/t19-,20+/m0/s1. The van der Waals surface area contributed by atoms with Crippen LogP contribution in [0.5, 0.6) is 5.75 Å². The second-order valence-corrected chi connectivity index (χ2v) is 13.4. The fourth-order valence-electron chi connectivity index (χ4n) is 4.35. The summed E-state index contributed by atoms with van der Waals surface area (Å²) in [6.45, 7) is 5.59. The summed E-state index contributed by atoms with van der Waals surface area (Å²) >= 11 is 19.1. The van der Waals surface area contributed by atoms with Gasteiger partial charge in [0.2, 0.25) is 11.8 Å². The molecule has 0 aliphatic heterocycles. The molecule has 3 aromatic carbocycles. The summed E-state index contributed by atoms with van der Waals surface area (Å²) in [4.78, 5) is 39.2. The van der Waals surface area contributed by atoms with Crippen LogP contribution in [-0.4, -0.2) is 55.8 Å². The van der Waals surface area contributed by atoms with Crippen molar-refractivity contribution in [3.05, 3.63) is 90.9 Å². The van der Waals surface area contributed by atoms with Crippen molar-refractivity contribution in [3.8, 4) is 5.75 Å². The van der Waals surface area contributed by atoms with E-state index in [1.54, 1.807) is 18.2 Å². The molecule has 0 spiro atoms. The van der Waals surface area contributed by atoms with E-state index in [0.29, 0.717) is 12.0 Å². The molecule has 0 saturated heterocycles. The van der Waals surface area contributed by atoms with Crippen molar-refractivity contribution in [2.24, 2.45) is 0 Å². The van der Waals surface area contributed by atoms with Crippen LogP contribution in [0.25, 0.3) is 0 Å². The molecule has 2 atom stereocenters. The number of anilines is 1. The second kappa shape index (κ2) is 15.1. The van der Waals surface area contributed by atoms with Gasteiger partial charge < -0.3 is 15.0 Å². The van der Waals surface area contributed by atoms with Crippen LogP contribution >= 0.6 is 34.8 Å². The lowest BCUT2D eigenvalue weighted by Gasteiger charge is -2.33. The van der Waals surface area contributed by atoms with E-state index in [1.807, 2.05) is 13.8 Å². The van der Waals surface area contributed by atoms with Gasteiger partial charge in [-0.15, -0.1) is 0 Å². The van der Waals surface area contributed by atoms with E-state index in [0.717, 1.165) is 10.4 Å². The number of sulfonamides is 1. The van der Waals surface area contributed by atoms with Gasteiger partial charge in [-0.1, -0.05) is 53.9 Å². The number of carbonyl (C=O) groups excluding carboxylic acids is 2. The van der Waals surface area contributed by atoms with Crippen molar-refractivity contribution in [3.63, 3.8) is 0 Å². The van der Waals surface area contributed by atoms with Gasteiger partial charge >= 0.3 is 0 Å². The Bertz CT molecular complexity index is 1680. The monoisotopic (exact) mass is 698 g/mol.